The maximum Gasteiger partial charge on any atom is 0.258 e. The van der Waals surface area contributed by atoms with E-state index in [1.165, 1.54) is 23.5 Å². The van der Waals surface area contributed by atoms with Crippen LogP contribution in [0.1, 0.15) is 32.1 Å². The lowest BCUT2D eigenvalue weighted by molar-refractivity contribution is -0.145. The van der Waals surface area contributed by atoms with Gasteiger partial charge in [0.15, 0.2) is 6.61 Å². The molecule has 0 radical (unpaired) electrons. The van der Waals surface area contributed by atoms with E-state index in [1.54, 1.807) is 0 Å². The number of hydrogen-bond acceptors (Lipinski definition) is 5. The van der Waals surface area contributed by atoms with Crippen molar-refractivity contribution in [2.45, 2.75) is 43.8 Å². The Morgan fingerprint density at radius 1 is 1.09 bits per heavy atom. The molecule has 2 saturated heterocycles. The van der Waals surface area contributed by atoms with Crippen LogP contribution in [0.25, 0.3) is 0 Å². The largest absolute Gasteiger partial charge is 0.482 e. The van der Waals surface area contributed by atoms with E-state index in [0.717, 1.165) is 25.7 Å². The van der Waals surface area contributed by atoms with Crippen LogP contribution in [0.4, 0.5) is 0 Å². The van der Waals surface area contributed by atoms with Crippen molar-refractivity contribution in [1.29, 1.82) is 0 Å². The van der Waals surface area contributed by atoms with Crippen LogP contribution < -0.4 is 10.1 Å². The average Bonchev–Trinajstić information content (AvgIpc) is 3.46. The molecule has 3 amide bonds. The molecule has 4 unspecified atom stereocenters. The van der Waals surface area contributed by atoms with Gasteiger partial charge in [-0.2, -0.15) is 0 Å². The van der Waals surface area contributed by atoms with Crippen LogP contribution >= 0.6 is 34.8 Å². The smallest absolute Gasteiger partial charge is 0.258 e. The monoisotopic (exact) mass is 526 g/mol. The fourth-order valence-electron chi connectivity index (χ4n) is 5.62. The number of nitrogens with zero attached hydrogens (tertiary/aromatic N) is 1. The summed E-state index contributed by atoms with van der Waals surface area (Å²) in [5.41, 5.74) is -1.03. The highest BCUT2D eigenvalue weighted by Gasteiger charge is 2.67. The second kappa shape index (κ2) is 9.34. The summed E-state index contributed by atoms with van der Waals surface area (Å²) in [6, 6.07) is 2.88. The summed E-state index contributed by atoms with van der Waals surface area (Å²) >= 11 is 18.0. The van der Waals surface area contributed by atoms with E-state index in [-0.39, 0.29) is 45.8 Å². The number of hydrogen-bond donors (Lipinski definition) is 1. The van der Waals surface area contributed by atoms with E-state index in [1.807, 2.05) is 12.2 Å². The van der Waals surface area contributed by atoms with Crippen LogP contribution in [-0.2, 0) is 19.1 Å². The number of rotatable bonds is 7. The lowest BCUT2D eigenvalue weighted by Gasteiger charge is -2.30. The Balaban J connectivity index is 1.22. The van der Waals surface area contributed by atoms with Crippen molar-refractivity contribution in [3.05, 3.63) is 39.4 Å². The van der Waals surface area contributed by atoms with Crippen LogP contribution in [0, 0.1) is 17.8 Å². The first-order chi connectivity index (χ1) is 16.3. The van der Waals surface area contributed by atoms with Gasteiger partial charge < -0.3 is 14.8 Å². The molecule has 182 valence electrons. The molecular formula is C24H25Cl3N2O5. The maximum absolute atomic E-state index is 13.3. The highest BCUT2D eigenvalue weighted by atomic mass is 35.5. The summed E-state index contributed by atoms with van der Waals surface area (Å²) in [4.78, 5) is 40.4. The summed E-state index contributed by atoms with van der Waals surface area (Å²) in [5, 5.41) is 3.56. The van der Waals surface area contributed by atoms with Gasteiger partial charge in [0.05, 0.1) is 39.6 Å². The predicted octanol–water partition coefficient (Wildman–Crippen LogP) is 4.03. The molecule has 3 heterocycles. The molecule has 1 aromatic rings. The Morgan fingerprint density at radius 3 is 2.59 bits per heavy atom. The van der Waals surface area contributed by atoms with E-state index in [9.17, 15) is 14.4 Å². The molecule has 1 saturated carbocycles. The molecule has 4 aliphatic rings. The number of halogens is 3. The van der Waals surface area contributed by atoms with Crippen LogP contribution in [0.5, 0.6) is 5.75 Å². The van der Waals surface area contributed by atoms with Gasteiger partial charge in [0, 0.05) is 12.6 Å². The molecule has 0 aromatic heterocycles. The summed E-state index contributed by atoms with van der Waals surface area (Å²) in [5.74, 6) is -1.31. The van der Waals surface area contributed by atoms with Crippen molar-refractivity contribution in [1.82, 2.24) is 10.2 Å². The molecule has 7 nitrogen and oxygen atoms in total. The Labute approximate surface area is 212 Å². The number of imide groups is 1. The second-order valence-corrected chi connectivity index (χ2v) is 10.7. The molecule has 1 aliphatic carbocycles. The quantitative estimate of drug-likeness (QED) is 0.329. The maximum atomic E-state index is 13.3. The minimum atomic E-state index is -1.03. The van der Waals surface area contributed by atoms with E-state index in [4.69, 9.17) is 44.3 Å². The molecule has 1 aromatic carbocycles. The van der Waals surface area contributed by atoms with Gasteiger partial charge in [-0.3, -0.25) is 19.3 Å². The number of fused-ring (bicyclic) bond motifs is 5. The summed E-state index contributed by atoms with van der Waals surface area (Å²) in [6.07, 6.45) is 8.80. The van der Waals surface area contributed by atoms with Crippen LogP contribution in [0.15, 0.2) is 24.3 Å². The zero-order chi connectivity index (χ0) is 24.0. The van der Waals surface area contributed by atoms with Gasteiger partial charge in [-0.05, 0) is 24.8 Å². The zero-order valence-corrected chi connectivity index (χ0v) is 20.7. The Kier molecular flexibility index (Phi) is 6.57. The highest BCUT2D eigenvalue weighted by Crippen LogP contribution is 2.51. The van der Waals surface area contributed by atoms with Gasteiger partial charge in [-0.1, -0.05) is 66.2 Å². The normalized spacial score (nSPS) is 30.2. The second-order valence-electron chi connectivity index (χ2n) is 9.45. The molecule has 1 N–H and O–H groups in total. The topological polar surface area (TPSA) is 84.9 Å². The molecule has 3 aliphatic heterocycles. The van der Waals surface area contributed by atoms with Crippen LogP contribution in [0.3, 0.4) is 0 Å². The fourth-order valence-corrected chi connectivity index (χ4v) is 6.21. The van der Waals surface area contributed by atoms with E-state index >= 15 is 0 Å². The highest BCUT2D eigenvalue weighted by molar-refractivity contribution is 6.43. The molecule has 5 rings (SSSR count). The lowest BCUT2D eigenvalue weighted by atomic mass is 9.77. The Hall–Kier alpha value is -1.80. The van der Waals surface area contributed by atoms with Crippen molar-refractivity contribution in [2.24, 2.45) is 17.8 Å². The third-order valence-electron chi connectivity index (χ3n) is 7.31. The van der Waals surface area contributed by atoms with Crippen LogP contribution in [-0.4, -0.2) is 54.0 Å². The van der Waals surface area contributed by atoms with Crippen molar-refractivity contribution >= 4 is 52.5 Å². The number of amides is 3. The number of carbonyl (C=O) groups is 3. The molecule has 34 heavy (non-hydrogen) atoms. The zero-order valence-electron chi connectivity index (χ0n) is 18.4. The minimum absolute atomic E-state index is 0.0642. The van der Waals surface area contributed by atoms with E-state index in [2.05, 4.69) is 5.32 Å². The third kappa shape index (κ3) is 4.21. The fraction of sp³-hybridized carbons (Fsp3) is 0.542. The number of nitrogens with one attached hydrogen (secondary N) is 1. The van der Waals surface area contributed by atoms with Crippen molar-refractivity contribution in [3.63, 3.8) is 0 Å². The molecule has 4 atom stereocenters. The molecule has 0 spiro atoms. The first-order valence-electron chi connectivity index (χ1n) is 11.6. The van der Waals surface area contributed by atoms with E-state index in [0.29, 0.717) is 12.5 Å². The van der Waals surface area contributed by atoms with Gasteiger partial charge in [-0.15, -0.1) is 0 Å². The molecule has 2 bridgehead atoms. The van der Waals surface area contributed by atoms with Gasteiger partial charge in [0.2, 0.25) is 11.8 Å². The van der Waals surface area contributed by atoms with Crippen molar-refractivity contribution < 1.29 is 23.9 Å². The minimum Gasteiger partial charge on any atom is -0.482 e. The van der Waals surface area contributed by atoms with Gasteiger partial charge in [0.25, 0.3) is 5.91 Å². The summed E-state index contributed by atoms with van der Waals surface area (Å²) < 4.78 is 11.6. The first kappa shape index (κ1) is 23.9. The summed E-state index contributed by atoms with van der Waals surface area (Å²) in [6.45, 7) is 0.239. The first-order valence-corrected chi connectivity index (χ1v) is 12.7. The lowest BCUT2D eigenvalue weighted by Crippen LogP contribution is -2.49. The number of benzene rings is 1. The van der Waals surface area contributed by atoms with Crippen LogP contribution in [0.2, 0.25) is 15.1 Å². The average molecular weight is 528 g/mol. The van der Waals surface area contributed by atoms with E-state index < -0.39 is 29.4 Å². The standard InChI is InChI=1S/C24H25Cl3N2O5/c25-14-8-16(27)18(9-15(14)26)33-11-19(30)28-12-24-7-6-17(34-24)20-21(24)23(32)29(22(20)31)10-13-4-2-1-3-5-13/h6-9,13,17,20-21H,1-5,10-12H2,(H,28,30). The van der Waals surface area contributed by atoms with Gasteiger partial charge in [-0.25, -0.2) is 0 Å². The SMILES string of the molecule is O=C(COc1cc(Cl)c(Cl)cc1Cl)NCC12C=CC(O1)C1C(=O)N(CC3CCCCC3)C(=O)C12. The third-order valence-corrected chi connectivity index (χ3v) is 8.32. The molecule has 3 fully saturated rings. The van der Waals surface area contributed by atoms with Crippen molar-refractivity contribution in [2.75, 3.05) is 19.7 Å². The summed E-state index contributed by atoms with van der Waals surface area (Å²) in [7, 11) is 0. The molecule has 10 heteroatoms. The number of ether oxygens (including phenoxy) is 2. The Bertz CT molecular complexity index is 1060. The molecular weight excluding hydrogens is 503 g/mol. The number of carbonyl (C=O) groups excluding carboxylic acids is 3. The van der Waals surface area contributed by atoms with Gasteiger partial charge >= 0.3 is 0 Å². The predicted molar refractivity (Wildman–Crippen MR) is 127 cm³/mol. The Morgan fingerprint density at radius 2 is 1.82 bits per heavy atom. The van der Waals surface area contributed by atoms with Gasteiger partial charge in [0.1, 0.15) is 11.4 Å². The van der Waals surface area contributed by atoms with Crippen molar-refractivity contribution in [3.8, 4) is 5.75 Å². The number of likely N-dealkylation sites (tertiary alicyclic amines) is 1.